The second-order valence-corrected chi connectivity index (χ2v) is 4.15. The van der Waals surface area contributed by atoms with Crippen molar-refractivity contribution in [3.05, 3.63) is 0 Å². The molecule has 0 unspecified atom stereocenters. The molecule has 0 aliphatic carbocycles. The van der Waals surface area contributed by atoms with E-state index >= 15 is 0 Å². The summed E-state index contributed by atoms with van der Waals surface area (Å²) in [6.45, 7) is 1.53. The summed E-state index contributed by atoms with van der Waals surface area (Å²) in [6, 6.07) is 0. The van der Waals surface area contributed by atoms with Crippen molar-refractivity contribution in [3.63, 3.8) is 0 Å². The average molecular weight is 141 g/mol. The zero-order chi connectivity index (χ0) is 4.28. The number of rotatable bonds is 1. The fraction of sp³-hybridized carbons (Fsp3) is 1.00. The fourth-order valence-electron chi connectivity index (χ4n) is 0. The molecule has 0 aliphatic rings. The molecule has 0 aromatic carbocycles. The van der Waals surface area contributed by atoms with Gasteiger partial charge in [-0.3, -0.25) is 0 Å². The predicted molar refractivity (Wildman–Crippen MR) is 19.8 cm³/mol. The predicted octanol–water partition coefficient (Wildman–Crippen LogP) is 1.17. The zero-order valence-corrected chi connectivity index (χ0v) is 5.46. The van der Waals surface area contributed by atoms with Gasteiger partial charge in [0.25, 0.3) is 0 Å². The normalized spacial score (nSPS) is 9.60. The van der Waals surface area contributed by atoms with Crippen molar-refractivity contribution in [2.75, 3.05) is 0 Å². The van der Waals surface area contributed by atoms with Gasteiger partial charge >= 0.3 is 34.5 Å². The molecule has 0 amide bonds. The zero-order valence-electron chi connectivity index (χ0n) is 3.04. The summed E-state index contributed by atoms with van der Waals surface area (Å²) in [7, 11) is 0. The van der Waals surface area contributed by atoms with Crippen molar-refractivity contribution >= 4 is 15.3 Å². The molecule has 0 fully saturated rings. The van der Waals surface area contributed by atoms with Crippen LogP contribution in [0.15, 0.2) is 0 Å². The molecule has 0 aromatic rings. The van der Waals surface area contributed by atoms with E-state index in [1.54, 1.807) is 0 Å². The van der Waals surface area contributed by atoms with Crippen LogP contribution in [-0.2, 0) is 0 Å². The maximum absolute atomic E-state index is 11.0. The minimum atomic E-state index is -3.51. The Labute approximate surface area is 35.3 Å². The maximum atomic E-state index is 11.0. The summed E-state index contributed by atoms with van der Waals surface area (Å²) in [6.07, 6.45) is 0. The third-order valence-corrected chi connectivity index (χ3v) is 1.60. The second-order valence-electron chi connectivity index (χ2n) is 0.799. The van der Waals surface area contributed by atoms with E-state index in [0.29, 0.717) is 0 Å². The quantitative estimate of drug-likeness (QED) is 0.480. The molecule has 0 saturated carbocycles. The molecule has 0 rings (SSSR count). The van der Waals surface area contributed by atoms with Gasteiger partial charge in [0, 0.05) is 0 Å². The van der Waals surface area contributed by atoms with Gasteiger partial charge in [0.05, 0.1) is 0 Å². The Bertz CT molecular complexity index is 21.6. The second kappa shape index (κ2) is 2.63. The summed E-state index contributed by atoms with van der Waals surface area (Å²) >= 11 is -3.51. The number of hydrogen-bond acceptors (Lipinski definition) is 0. The first-order valence-electron chi connectivity index (χ1n) is 1.55. The third kappa shape index (κ3) is 4.40. The van der Waals surface area contributed by atoms with Gasteiger partial charge in [-0.25, -0.2) is 0 Å². The van der Waals surface area contributed by atoms with Gasteiger partial charge in [0.15, 0.2) is 0 Å². The van der Waals surface area contributed by atoms with Crippen molar-refractivity contribution in [3.8, 4) is 0 Å². The molecule has 0 aromatic heterocycles. The van der Waals surface area contributed by atoms with E-state index in [4.69, 9.17) is 0 Å². The standard InChI is InChI=1S/C2H6F2Ge/c1-2-5(3)4/h5H,2H2,1H3. The Kier molecular flexibility index (Phi) is 2.84. The molecule has 0 atom stereocenters. The third-order valence-electron chi connectivity index (χ3n) is 0.309. The van der Waals surface area contributed by atoms with Gasteiger partial charge in [-0.05, 0) is 0 Å². The molecule has 0 spiro atoms. The van der Waals surface area contributed by atoms with E-state index in [1.165, 1.54) is 6.92 Å². The van der Waals surface area contributed by atoms with Crippen LogP contribution in [-0.4, -0.2) is 15.3 Å². The average Bonchev–Trinajstić information content (AvgIpc) is 1.38. The first-order chi connectivity index (χ1) is 2.27. The van der Waals surface area contributed by atoms with E-state index in [9.17, 15) is 7.00 Å². The van der Waals surface area contributed by atoms with Gasteiger partial charge in [0.1, 0.15) is 0 Å². The monoisotopic (exact) mass is 142 g/mol. The summed E-state index contributed by atoms with van der Waals surface area (Å²) in [4.78, 5) is 0. The fourth-order valence-corrected chi connectivity index (χ4v) is 0. The molecule has 32 valence electrons. The molecule has 0 heterocycles. The SMILES string of the molecule is C[CH2][GeH]([F])[F]. The van der Waals surface area contributed by atoms with Crippen LogP contribution in [0.2, 0.25) is 5.25 Å². The van der Waals surface area contributed by atoms with Crippen molar-refractivity contribution in [1.82, 2.24) is 0 Å². The number of halogens is 2. The Morgan fingerprint density at radius 2 is 1.80 bits per heavy atom. The molecule has 0 nitrogen and oxygen atoms in total. The van der Waals surface area contributed by atoms with Crippen LogP contribution in [0.25, 0.3) is 0 Å². The van der Waals surface area contributed by atoms with Crippen LogP contribution in [0.4, 0.5) is 7.00 Å². The van der Waals surface area contributed by atoms with Crippen LogP contribution in [0.1, 0.15) is 6.92 Å². The molecule has 0 saturated heterocycles. The van der Waals surface area contributed by atoms with E-state index in [0.717, 1.165) is 0 Å². The minimum absolute atomic E-state index is 0.160. The van der Waals surface area contributed by atoms with E-state index in [2.05, 4.69) is 0 Å². The molecule has 0 N–H and O–H groups in total. The van der Waals surface area contributed by atoms with E-state index in [1.807, 2.05) is 0 Å². The van der Waals surface area contributed by atoms with Crippen LogP contribution >= 0.6 is 0 Å². The molecule has 5 heavy (non-hydrogen) atoms. The first-order valence-corrected chi connectivity index (χ1v) is 5.10. The van der Waals surface area contributed by atoms with Crippen LogP contribution in [0.5, 0.6) is 0 Å². The molecule has 0 bridgehead atoms. The molecule has 0 radical (unpaired) electrons. The van der Waals surface area contributed by atoms with Crippen molar-refractivity contribution in [2.24, 2.45) is 0 Å². The van der Waals surface area contributed by atoms with Gasteiger partial charge in [-0.1, -0.05) is 0 Å². The Morgan fingerprint density at radius 1 is 1.60 bits per heavy atom. The Morgan fingerprint density at radius 3 is 1.80 bits per heavy atom. The topological polar surface area (TPSA) is 0 Å². The van der Waals surface area contributed by atoms with Crippen LogP contribution in [0, 0.1) is 0 Å². The number of hydrogen-bond donors (Lipinski definition) is 0. The summed E-state index contributed by atoms with van der Waals surface area (Å²) in [5.74, 6) is 0. The van der Waals surface area contributed by atoms with Crippen molar-refractivity contribution < 1.29 is 7.00 Å². The molecule has 0 aliphatic heterocycles. The summed E-state index contributed by atoms with van der Waals surface area (Å²) in [5, 5.41) is 0.160. The van der Waals surface area contributed by atoms with Gasteiger partial charge in [0.2, 0.25) is 0 Å². The Balaban J connectivity index is 2.54. The molecular weight excluding hydrogens is 135 g/mol. The van der Waals surface area contributed by atoms with E-state index in [-0.39, 0.29) is 5.25 Å². The van der Waals surface area contributed by atoms with Crippen LogP contribution < -0.4 is 0 Å². The molecular formula is C2H6F2Ge. The van der Waals surface area contributed by atoms with Crippen LogP contribution in [0.3, 0.4) is 0 Å². The first kappa shape index (κ1) is 5.40. The molecule has 3 heteroatoms. The van der Waals surface area contributed by atoms with Crippen molar-refractivity contribution in [1.29, 1.82) is 0 Å². The Hall–Kier alpha value is 0.403. The van der Waals surface area contributed by atoms with Crippen molar-refractivity contribution in [2.45, 2.75) is 12.2 Å². The van der Waals surface area contributed by atoms with Gasteiger partial charge < -0.3 is 0 Å². The van der Waals surface area contributed by atoms with E-state index < -0.39 is 15.3 Å². The summed E-state index contributed by atoms with van der Waals surface area (Å²) in [5.41, 5.74) is 0. The van der Waals surface area contributed by atoms with Gasteiger partial charge in [-0.2, -0.15) is 0 Å². The summed E-state index contributed by atoms with van der Waals surface area (Å²) < 4.78 is 21.9. The van der Waals surface area contributed by atoms with Gasteiger partial charge in [-0.15, -0.1) is 0 Å².